The van der Waals surface area contributed by atoms with E-state index in [0.29, 0.717) is 0 Å². The van der Waals surface area contributed by atoms with E-state index in [9.17, 15) is 9.59 Å². The number of amides is 1. The van der Waals surface area contributed by atoms with Crippen LogP contribution in [0.25, 0.3) is 0 Å². The van der Waals surface area contributed by atoms with Crippen LogP contribution in [0.5, 0.6) is 5.75 Å². The molecule has 0 aliphatic carbocycles. The summed E-state index contributed by atoms with van der Waals surface area (Å²) in [6, 6.07) is 10.5. The summed E-state index contributed by atoms with van der Waals surface area (Å²) in [6.07, 6.45) is 1.68. The molecule has 0 fully saturated rings. The summed E-state index contributed by atoms with van der Waals surface area (Å²) in [4.78, 5) is 24.1. The average molecular weight is 286 g/mol. The SMILES string of the molecule is CNC(=O)c1cccn(C(C)c2cccc(OC)c2)c1=O. The summed E-state index contributed by atoms with van der Waals surface area (Å²) in [5, 5.41) is 2.47. The minimum atomic E-state index is -0.382. The Morgan fingerprint density at radius 2 is 2.05 bits per heavy atom. The van der Waals surface area contributed by atoms with Gasteiger partial charge in [-0.25, -0.2) is 0 Å². The van der Waals surface area contributed by atoms with Crippen LogP contribution in [-0.2, 0) is 0 Å². The number of carbonyl (C=O) groups is 1. The van der Waals surface area contributed by atoms with Crippen molar-refractivity contribution in [1.82, 2.24) is 9.88 Å². The topological polar surface area (TPSA) is 60.3 Å². The second-order valence-corrected chi connectivity index (χ2v) is 4.67. The molecule has 0 bridgehead atoms. The third-order valence-corrected chi connectivity index (χ3v) is 3.44. The Morgan fingerprint density at radius 1 is 1.29 bits per heavy atom. The van der Waals surface area contributed by atoms with Crippen molar-refractivity contribution in [2.24, 2.45) is 0 Å². The van der Waals surface area contributed by atoms with Gasteiger partial charge in [0.1, 0.15) is 11.3 Å². The highest BCUT2D eigenvalue weighted by Crippen LogP contribution is 2.21. The third kappa shape index (κ3) is 2.97. The van der Waals surface area contributed by atoms with E-state index in [-0.39, 0.29) is 23.1 Å². The van der Waals surface area contributed by atoms with Gasteiger partial charge in [0.2, 0.25) is 0 Å². The molecule has 1 N–H and O–H groups in total. The summed E-state index contributed by atoms with van der Waals surface area (Å²) >= 11 is 0. The quantitative estimate of drug-likeness (QED) is 0.932. The van der Waals surface area contributed by atoms with Crippen LogP contribution in [-0.4, -0.2) is 24.6 Å². The number of carbonyl (C=O) groups excluding carboxylic acids is 1. The van der Waals surface area contributed by atoms with Crippen molar-refractivity contribution < 1.29 is 9.53 Å². The number of ether oxygens (including phenoxy) is 1. The largest absolute Gasteiger partial charge is 0.497 e. The zero-order valence-electron chi connectivity index (χ0n) is 12.3. The predicted octanol–water partition coefficient (Wildman–Crippen LogP) is 1.83. The first-order valence-electron chi connectivity index (χ1n) is 6.65. The minimum absolute atomic E-state index is 0.134. The van der Waals surface area contributed by atoms with Crippen LogP contribution in [0.2, 0.25) is 0 Å². The van der Waals surface area contributed by atoms with E-state index in [1.54, 1.807) is 23.9 Å². The normalized spacial score (nSPS) is 11.8. The number of nitrogens with zero attached hydrogens (tertiary/aromatic N) is 1. The molecule has 5 heteroatoms. The van der Waals surface area contributed by atoms with E-state index in [4.69, 9.17) is 4.74 Å². The van der Waals surface area contributed by atoms with Gasteiger partial charge in [-0.1, -0.05) is 12.1 Å². The fourth-order valence-electron chi connectivity index (χ4n) is 2.18. The van der Waals surface area contributed by atoms with E-state index in [1.807, 2.05) is 31.2 Å². The molecule has 1 heterocycles. The Balaban J connectivity index is 2.46. The molecule has 0 saturated heterocycles. The summed E-state index contributed by atoms with van der Waals surface area (Å²) in [5.74, 6) is 0.349. The molecule has 1 amide bonds. The number of rotatable bonds is 4. The zero-order valence-corrected chi connectivity index (χ0v) is 12.3. The first kappa shape index (κ1) is 14.8. The molecule has 2 rings (SSSR count). The van der Waals surface area contributed by atoms with E-state index < -0.39 is 0 Å². The Morgan fingerprint density at radius 3 is 2.71 bits per heavy atom. The van der Waals surface area contributed by atoms with Crippen LogP contribution in [0.4, 0.5) is 0 Å². The fourth-order valence-corrected chi connectivity index (χ4v) is 2.18. The second-order valence-electron chi connectivity index (χ2n) is 4.67. The van der Waals surface area contributed by atoms with E-state index in [1.165, 1.54) is 13.1 Å². The van der Waals surface area contributed by atoms with Crippen LogP contribution < -0.4 is 15.6 Å². The van der Waals surface area contributed by atoms with Crippen molar-refractivity contribution in [2.45, 2.75) is 13.0 Å². The van der Waals surface area contributed by atoms with Crippen LogP contribution in [0.15, 0.2) is 47.4 Å². The number of hydrogen-bond donors (Lipinski definition) is 1. The Kier molecular flexibility index (Phi) is 4.42. The highest BCUT2D eigenvalue weighted by molar-refractivity contribution is 5.93. The van der Waals surface area contributed by atoms with Crippen LogP contribution in [0.1, 0.15) is 28.9 Å². The fraction of sp³-hybridized carbons (Fsp3) is 0.250. The Bertz CT molecular complexity index is 707. The summed E-state index contributed by atoms with van der Waals surface area (Å²) in [6.45, 7) is 1.91. The molecule has 2 aromatic rings. The van der Waals surface area contributed by atoms with Gasteiger partial charge in [0.25, 0.3) is 11.5 Å². The van der Waals surface area contributed by atoms with Gasteiger partial charge >= 0.3 is 0 Å². The standard InChI is InChI=1S/C16H18N2O3/c1-11(12-6-4-7-13(10-12)21-3)18-9-5-8-14(16(18)20)15(19)17-2/h4-11H,1-3H3,(H,17,19). The Labute approximate surface area is 123 Å². The van der Waals surface area contributed by atoms with Crippen molar-refractivity contribution >= 4 is 5.91 Å². The van der Waals surface area contributed by atoms with Gasteiger partial charge in [0.05, 0.1) is 13.2 Å². The number of benzene rings is 1. The molecule has 1 unspecified atom stereocenters. The summed E-state index contributed by atoms with van der Waals surface area (Å²) < 4.78 is 6.74. The molecule has 0 saturated carbocycles. The number of hydrogen-bond acceptors (Lipinski definition) is 3. The molecule has 21 heavy (non-hydrogen) atoms. The molecule has 5 nitrogen and oxygen atoms in total. The summed E-state index contributed by atoms with van der Waals surface area (Å²) in [7, 11) is 3.10. The van der Waals surface area contributed by atoms with E-state index >= 15 is 0 Å². The number of aromatic nitrogens is 1. The van der Waals surface area contributed by atoms with Crippen molar-refractivity contribution in [1.29, 1.82) is 0 Å². The average Bonchev–Trinajstić information content (AvgIpc) is 2.53. The maximum atomic E-state index is 12.4. The second kappa shape index (κ2) is 6.26. The van der Waals surface area contributed by atoms with Crippen molar-refractivity contribution in [3.8, 4) is 5.75 Å². The third-order valence-electron chi connectivity index (χ3n) is 3.44. The lowest BCUT2D eigenvalue weighted by Gasteiger charge is -2.17. The molecule has 0 aliphatic heterocycles. The van der Waals surface area contributed by atoms with Gasteiger partial charge in [0, 0.05) is 13.2 Å². The Hall–Kier alpha value is -2.56. The smallest absolute Gasteiger partial charge is 0.263 e. The minimum Gasteiger partial charge on any atom is -0.497 e. The van der Waals surface area contributed by atoms with Crippen molar-refractivity contribution in [3.63, 3.8) is 0 Å². The van der Waals surface area contributed by atoms with Gasteiger partial charge in [-0.15, -0.1) is 0 Å². The first-order valence-corrected chi connectivity index (χ1v) is 6.65. The van der Waals surface area contributed by atoms with Gasteiger partial charge in [0.15, 0.2) is 0 Å². The monoisotopic (exact) mass is 286 g/mol. The lowest BCUT2D eigenvalue weighted by molar-refractivity contribution is 0.0961. The van der Waals surface area contributed by atoms with Crippen LogP contribution in [0.3, 0.4) is 0 Å². The molecule has 1 atom stereocenters. The van der Waals surface area contributed by atoms with Gasteiger partial charge in [-0.05, 0) is 36.8 Å². The number of pyridine rings is 1. The highest BCUT2D eigenvalue weighted by atomic mass is 16.5. The van der Waals surface area contributed by atoms with E-state index in [0.717, 1.165) is 11.3 Å². The van der Waals surface area contributed by atoms with Crippen LogP contribution >= 0.6 is 0 Å². The first-order chi connectivity index (χ1) is 10.1. The molecular weight excluding hydrogens is 268 g/mol. The van der Waals surface area contributed by atoms with E-state index in [2.05, 4.69) is 5.32 Å². The highest BCUT2D eigenvalue weighted by Gasteiger charge is 2.15. The molecule has 1 aromatic heterocycles. The molecule has 1 aromatic carbocycles. The van der Waals surface area contributed by atoms with Crippen LogP contribution in [0, 0.1) is 0 Å². The zero-order chi connectivity index (χ0) is 15.4. The summed E-state index contributed by atoms with van der Waals surface area (Å²) in [5.41, 5.74) is 0.757. The molecule has 110 valence electrons. The lowest BCUT2D eigenvalue weighted by atomic mass is 10.1. The number of nitrogens with one attached hydrogen (secondary N) is 1. The predicted molar refractivity (Wildman–Crippen MR) is 80.9 cm³/mol. The van der Waals surface area contributed by atoms with Crippen molar-refractivity contribution in [3.05, 3.63) is 64.1 Å². The lowest BCUT2D eigenvalue weighted by Crippen LogP contribution is -2.32. The molecule has 0 aliphatic rings. The molecule has 0 spiro atoms. The maximum absolute atomic E-state index is 12.4. The number of methoxy groups -OCH3 is 1. The van der Waals surface area contributed by atoms with Gasteiger partial charge < -0.3 is 14.6 Å². The molecular formula is C16H18N2O3. The van der Waals surface area contributed by atoms with Crippen molar-refractivity contribution in [2.75, 3.05) is 14.2 Å². The van der Waals surface area contributed by atoms with Gasteiger partial charge in [-0.2, -0.15) is 0 Å². The maximum Gasteiger partial charge on any atom is 0.263 e. The molecule has 0 radical (unpaired) electrons. The van der Waals surface area contributed by atoms with Gasteiger partial charge in [-0.3, -0.25) is 9.59 Å².